The molecule has 2 N–H and O–H groups in total. The van der Waals surface area contributed by atoms with Crippen molar-refractivity contribution in [2.45, 2.75) is 30.7 Å². The number of aryl methyl sites for hydroxylation is 1. The number of hydrogen-bond donors (Lipinski definition) is 2. The van der Waals surface area contributed by atoms with Gasteiger partial charge in [-0.15, -0.1) is 0 Å². The molecule has 5 rings (SSSR count). The van der Waals surface area contributed by atoms with Crippen LogP contribution in [0.4, 0.5) is 5.69 Å². The monoisotopic (exact) mass is 516 g/mol. The Labute approximate surface area is 216 Å². The number of hydrogen-bond acceptors (Lipinski definition) is 3. The number of carbonyl (C=O) groups is 1. The lowest BCUT2D eigenvalue weighted by molar-refractivity contribution is 0.102. The van der Waals surface area contributed by atoms with E-state index >= 15 is 0 Å². The summed E-state index contributed by atoms with van der Waals surface area (Å²) in [5.74, 6) is -0.206. The first-order chi connectivity index (χ1) is 17.3. The minimum absolute atomic E-state index is 0.206. The number of sulfonamides is 1. The van der Waals surface area contributed by atoms with E-state index in [0.29, 0.717) is 29.1 Å². The third-order valence-corrected chi connectivity index (χ3v) is 8.21. The molecule has 1 aliphatic carbocycles. The number of amides is 1. The Hall–Kier alpha value is -3.45. The van der Waals surface area contributed by atoms with Gasteiger partial charge in [0.25, 0.3) is 5.91 Å². The van der Waals surface area contributed by atoms with Crippen molar-refractivity contribution >= 4 is 33.2 Å². The Bertz CT molecular complexity index is 1540. The van der Waals surface area contributed by atoms with Gasteiger partial charge in [-0.3, -0.25) is 4.79 Å². The molecule has 0 radical (unpaired) electrons. The molecule has 0 aromatic heterocycles. The lowest BCUT2D eigenvalue weighted by Gasteiger charge is -2.14. The van der Waals surface area contributed by atoms with E-state index in [1.54, 1.807) is 30.3 Å². The predicted molar refractivity (Wildman–Crippen MR) is 144 cm³/mol. The summed E-state index contributed by atoms with van der Waals surface area (Å²) in [4.78, 5) is 13.6. The standard InChI is InChI=1S/C29H25ClN2O3S/c1-19-6-5-9-27(28(19)20-10-13-23(30)14-11-20)29(33)31-24-15-12-21-16-25(18-22(21)17-24)32-36(34,35)26-7-3-2-4-8-26/h2-15,17,25,32H,16,18H2,1H3,(H,31,33)/t25-/m0/s1. The highest BCUT2D eigenvalue weighted by Gasteiger charge is 2.27. The molecule has 0 heterocycles. The van der Waals surface area contributed by atoms with Gasteiger partial charge in [0.1, 0.15) is 0 Å². The average Bonchev–Trinajstić information content (AvgIpc) is 3.26. The van der Waals surface area contributed by atoms with E-state index in [2.05, 4.69) is 10.0 Å². The van der Waals surface area contributed by atoms with Gasteiger partial charge >= 0.3 is 0 Å². The van der Waals surface area contributed by atoms with E-state index < -0.39 is 10.0 Å². The summed E-state index contributed by atoms with van der Waals surface area (Å²) in [7, 11) is -3.59. The summed E-state index contributed by atoms with van der Waals surface area (Å²) in [6, 6.07) is 27.0. The Balaban J connectivity index is 1.33. The van der Waals surface area contributed by atoms with E-state index in [9.17, 15) is 13.2 Å². The molecule has 0 aliphatic heterocycles. The predicted octanol–water partition coefficient (Wildman–Crippen LogP) is 6.01. The number of halogens is 1. The van der Waals surface area contributed by atoms with Crippen LogP contribution in [-0.4, -0.2) is 20.4 Å². The number of fused-ring (bicyclic) bond motifs is 1. The lowest BCUT2D eigenvalue weighted by Crippen LogP contribution is -2.35. The summed E-state index contributed by atoms with van der Waals surface area (Å²) in [5.41, 5.74) is 6.13. The maximum Gasteiger partial charge on any atom is 0.256 e. The van der Waals surface area contributed by atoms with Crippen LogP contribution in [0.15, 0.2) is 95.9 Å². The topological polar surface area (TPSA) is 75.3 Å². The Morgan fingerprint density at radius 1 is 0.861 bits per heavy atom. The van der Waals surface area contributed by atoms with Crippen molar-refractivity contribution in [2.24, 2.45) is 0 Å². The smallest absolute Gasteiger partial charge is 0.256 e. The van der Waals surface area contributed by atoms with Gasteiger partial charge < -0.3 is 5.32 Å². The largest absolute Gasteiger partial charge is 0.322 e. The highest BCUT2D eigenvalue weighted by molar-refractivity contribution is 7.89. The first-order valence-corrected chi connectivity index (χ1v) is 13.5. The number of benzene rings is 4. The van der Waals surface area contributed by atoms with Crippen molar-refractivity contribution in [2.75, 3.05) is 5.32 Å². The maximum absolute atomic E-state index is 13.3. The Kier molecular flexibility index (Phi) is 6.67. The number of nitrogens with one attached hydrogen (secondary N) is 2. The molecule has 182 valence electrons. The van der Waals surface area contributed by atoms with Crippen molar-refractivity contribution in [3.05, 3.63) is 118 Å². The molecule has 1 amide bonds. The highest BCUT2D eigenvalue weighted by Crippen LogP contribution is 2.31. The van der Waals surface area contributed by atoms with E-state index in [-0.39, 0.29) is 16.8 Å². The molecule has 0 fully saturated rings. The van der Waals surface area contributed by atoms with Gasteiger partial charge in [0.05, 0.1) is 4.90 Å². The fourth-order valence-electron chi connectivity index (χ4n) is 4.72. The Morgan fingerprint density at radius 2 is 1.58 bits per heavy atom. The van der Waals surface area contributed by atoms with Gasteiger partial charge in [-0.1, -0.05) is 60.1 Å². The van der Waals surface area contributed by atoms with E-state index in [0.717, 1.165) is 27.8 Å². The van der Waals surface area contributed by atoms with Crippen LogP contribution < -0.4 is 10.0 Å². The lowest BCUT2D eigenvalue weighted by atomic mass is 9.94. The van der Waals surface area contributed by atoms with Crippen molar-refractivity contribution in [3.63, 3.8) is 0 Å². The molecule has 4 aromatic rings. The van der Waals surface area contributed by atoms with Crippen LogP contribution in [0.25, 0.3) is 11.1 Å². The van der Waals surface area contributed by atoms with Crippen LogP contribution in [0, 0.1) is 6.92 Å². The van der Waals surface area contributed by atoms with Gasteiger partial charge in [-0.25, -0.2) is 13.1 Å². The minimum Gasteiger partial charge on any atom is -0.322 e. The molecule has 0 saturated carbocycles. The molecule has 5 nitrogen and oxygen atoms in total. The van der Waals surface area contributed by atoms with Crippen LogP contribution >= 0.6 is 11.6 Å². The fourth-order valence-corrected chi connectivity index (χ4v) is 6.10. The molecule has 0 spiro atoms. The van der Waals surface area contributed by atoms with Crippen LogP contribution in [0.3, 0.4) is 0 Å². The normalized spacial score (nSPS) is 14.9. The summed E-state index contributed by atoms with van der Waals surface area (Å²) >= 11 is 6.05. The fraction of sp³-hybridized carbons (Fsp3) is 0.138. The van der Waals surface area contributed by atoms with Crippen molar-refractivity contribution < 1.29 is 13.2 Å². The molecular weight excluding hydrogens is 492 g/mol. The van der Waals surface area contributed by atoms with Gasteiger partial charge in [0.2, 0.25) is 10.0 Å². The zero-order valence-corrected chi connectivity index (χ0v) is 21.2. The average molecular weight is 517 g/mol. The molecule has 0 saturated heterocycles. The maximum atomic E-state index is 13.3. The number of carbonyl (C=O) groups excluding carboxylic acids is 1. The first-order valence-electron chi connectivity index (χ1n) is 11.7. The van der Waals surface area contributed by atoms with E-state index in [4.69, 9.17) is 11.6 Å². The van der Waals surface area contributed by atoms with Crippen LogP contribution in [0.1, 0.15) is 27.0 Å². The highest BCUT2D eigenvalue weighted by atomic mass is 35.5. The Morgan fingerprint density at radius 3 is 2.33 bits per heavy atom. The quantitative estimate of drug-likeness (QED) is 0.329. The van der Waals surface area contributed by atoms with Gasteiger partial charge in [0.15, 0.2) is 0 Å². The second-order valence-electron chi connectivity index (χ2n) is 8.98. The third-order valence-electron chi connectivity index (χ3n) is 6.42. The van der Waals surface area contributed by atoms with Gasteiger partial charge in [-0.05, 0) is 90.0 Å². The van der Waals surface area contributed by atoms with Crippen LogP contribution in [0.5, 0.6) is 0 Å². The summed E-state index contributed by atoms with van der Waals surface area (Å²) in [6.45, 7) is 1.98. The first kappa shape index (κ1) is 24.3. The second-order valence-corrected chi connectivity index (χ2v) is 11.1. The van der Waals surface area contributed by atoms with Crippen molar-refractivity contribution in [1.29, 1.82) is 0 Å². The molecule has 1 atom stereocenters. The SMILES string of the molecule is Cc1cccc(C(=O)Nc2ccc3c(c2)C[C@@H](NS(=O)(=O)c2ccccc2)C3)c1-c1ccc(Cl)cc1. The van der Waals surface area contributed by atoms with Gasteiger partial charge in [-0.2, -0.15) is 0 Å². The molecular formula is C29H25ClN2O3S. The second kappa shape index (κ2) is 9.90. The summed E-state index contributed by atoms with van der Waals surface area (Å²) < 4.78 is 28.3. The molecule has 4 aromatic carbocycles. The molecule has 0 bridgehead atoms. The molecule has 7 heteroatoms. The van der Waals surface area contributed by atoms with Crippen LogP contribution in [0.2, 0.25) is 5.02 Å². The third kappa shape index (κ3) is 5.07. The number of rotatable bonds is 6. The van der Waals surface area contributed by atoms with Crippen LogP contribution in [-0.2, 0) is 22.9 Å². The van der Waals surface area contributed by atoms with Gasteiger partial charge in [0, 0.05) is 22.3 Å². The minimum atomic E-state index is -3.59. The molecule has 36 heavy (non-hydrogen) atoms. The van der Waals surface area contributed by atoms with E-state index in [1.807, 2.05) is 67.6 Å². The van der Waals surface area contributed by atoms with Crippen molar-refractivity contribution in [1.82, 2.24) is 4.72 Å². The zero-order chi connectivity index (χ0) is 25.3. The molecule has 0 unspecified atom stereocenters. The zero-order valence-electron chi connectivity index (χ0n) is 19.7. The molecule has 1 aliphatic rings. The summed E-state index contributed by atoms with van der Waals surface area (Å²) in [5, 5.41) is 3.66. The van der Waals surface area contributed by atoms with E-state index in [1.165, 1.54) is 0 Å². The van der Waals surface area contributed by atoms with Crippen molar-refractivity contribution in [3.8, 4) is 11.1 Å². The number of anilines is 1. The summed E-state index contributed by atoms with van der Waals surface area (Å²) in [6.07, 6.45) is 1.17.